The van der Waals surface area contributed by atoms with Crippen molar-refractivity contribution in [2.24, 2.45) is 11.7 Å². The second kappa shape index (κ2) is 6.89. The van der Waals surface area contributed by atoms with Gasteiger partial charge in [0.15, 0.2) is 0 Å². The number of aryl methyl sites for hydroxylation is 1. The molecule has 1 fully saturated rings. The molecule has 1 aromatic rings. The Morgan fingerprint density at radius 3 is 2.80 bits per heavy atom. The molecule has 1 aliphatic rings. The van der Waals surface area contributed by atoms with Gasteiger partial charge in [-0.2, -0.15) is 0 Å². The first-order valence-electron chi connectivity index (χ1n) is 7.70. The third kappa shape index (κ3) is 3.83. The fourth-order valence-electron chi connectivity index (χ4n) is 3.01. The van der Waals surface area contributed by atoms with Crippen LogP contribution in [-0.2, 0) is 4.79 Å². The highest BCUT2D eigenvalue weighted by Gasteiger charge is 2.27. The normalized spacial score (nSPS) is 24.8. The van der Waals surface area contributed by atoms with E-state index in [2.05, 4.69) is 30.4 Å². The van der Waals surface area contributed by atoms with Crippen molar-refractivity contribution in [3.63, 3.8) is 0 Å². The first kappa shape index (κ1) is 15.0. The fourth-order valence-corrected chi connectivity index (χ4v) is 3.01. The van der Waals surface area contributed by atoms with Gasteiger partial charge in [0.2, 0.25) is 5.91 Å². The van der Waals surface area contributed by atoms with Gasteiger partial charge in [-0.05, 0) is 32.3 Å². The topological polar surface area (TPSA) is 55.1 Å². The van der Waals surface area contributed by atoms with E-state index >= 15 is 0 Å². The summed E-state index contributed by atoms with van der Waals surface area (Å²) < 4.78 is 0. The quantitative estimate of drug-likeness (QED) is 0.832. The summed E-state index contributed by atoms with van der Waals surface area (Å²) in [7, 11) is 0. The molecule has 0 aromatic heterocycles. The Bertz CT molecular complexity index is 458. The maximum Gasteiger partial charge on any atom is 0.225 e. The summed E-state index contributed by atoms with van der Waals surface area (Å²) in [6.45, 7) is 4.11. The predicted octanol–water partition coefficient (Wildman–Crippen LogP) is 3.08. The van der Waals surface area contributed by atoms with Gasteiger partial charge >= 0.3 is 0 Å². The molecule has 110 valence electrons. The highest BCUT2D eigenvalue weighted by Crippen LogP contribution is 2.23. The lowest BCUT2D eigenvalue weighted by atomic mass is 9.94. The Morgan fingerprint density at radius 1 is 1.30 bits per heavy atom. The lowest BCUT2D eigenvalue weighted by Crippen LogP contribution is -2.42. The molecule has 1 aromatic carbocycles. The second-order valence-electron chi connectivity index (χ2n) is 6.05. The van der Waals surface area contributed by atoms with Gasteiger partial charge in [-0.3, -0.25) is 4.79 Å². The van der Waals surface area contributed by atoms with Crippen molar-refractivity contribution in [1.82, 2.24) is 5.32 Å². The maximum absolute atomic E-state index is 12.4. The number of benzene rings is 1. The van der Waals surface area contributed by atoms with Crippen LogP contribution in [0.5, 0.6) is 0 Å². The Hall–Kier alpha value is -1.35. The van der Waals surface area contributed by atoms with Crippen molar-refractivity contribution in [3.05, 3.63) is 35.4 Å². The zero-order chi connectivity index (χ0) is 14.5. The molecule has 3 atom stereocenters. The van der Waals surface area contributed by atoms with Gasteiger partial charge in [-0.1, -0.05) is 49.1 Å². The van der Waals surface area contributed by atoms with Crippen molar-refractivity contribution in [1.29, 1.82) is 0 Å². The summed E-state index contributed by atoms with van der Waals surface area (Å²) in [5.41, 5.74) is 8.53. The molecule has 2 unspecified atom stereocenters. The number of rotatable bonds is 3. The summed E-state index contributed by atoms with van der Waals surface area (Å²) in [4.78, 5) is 12.4. The number of amides is 1. The Morgan fingerprint density at radius 2 is 2.05 bits per heavy atom. The van der Waals surface area contributed by atoms with Crippen LogP contribution in [0.3, 0.4) is 0 Å². The van der Waals surface area contributed by atoms with Gasteiger partial charge in [0, 0.05) is 6.04 Å². The summed E-state index contributed by atoms with van der Waals surface area (Å²) in [5, 5.41) is 3.13. The van der Waals surface area contributed by atoms with Gasteiger partial charge in [0.1, 0.15) is 0 Å². The van der Waals surface area contributed by atoms with E-state index in [9.17, 15) is 4.79 Å². The number of nitrogens with two attached hydrogens (primary N) is 1. The van der Waals surface area contributed by atoms with Crippen LogP contribution in [0, 0.1) is 12.8 Å². The van der Waals surface area contributed by atoms with Crippen LogP contribution in [0.4, 0.5) is 0 Å². The first-order chi connectivity index (χ1) is 9.58. The van der Waals surface area contributed by atoms with E-state index in [0.29, 0.717) is 0 Å². The number of hydrogen-bond acceptors (Lipinski definition) is 2. The molecule has 1 amide bonds. The first-order valence-corrected chi connectivity index (χ1v) is 7.70. The molecule has 0 bridgehead atoms. The van der Waals surface area contributed by atoms with E-state index in [0.717, 1.165) is 31.2 Å². The third-order valence-corrected chi connectivity index (χ3v) is 4.31. The number of nitrogens with one attached hydrogen (secondary N) is 1. The number of carbonyl (C=O) groups is 1. The van der Waals surface area contributed by atoms with Gasteiger partial charge in [-0.25, -0.2) is 0 Å². The zero-order valence-corrected chi connectivity index (χ0v) is 12.6. The van der Waals surface area contributed by atoms with E-state index < -0.39 is 0 Å². The van der Waals surface area contributed by atoms with Crippen LogP contribution in [0.1, 0.15) is 56.2 Å². The molecule has 0 aliphatic heterocycles. The zero-order valence-electron chi connectivity index (χ0n) is 12.6. The third-order valence-electron chi connectivity index (χ3n) is 4.31. The lowest BCUT2D eigenvalue weighted by molar-refractivity contribution is -0.126. The maximum atomic E-state index is 12.4. The monoisotopic (exact) mass is 274 g/mol. The van der Waals surface area contributed by atoms with Gasteiger partial charge in [0.25, 0.3) is 0 Å². The smallest absolute Gasteiger partial charge is 0.225 e. The van der Waals surface area contributed by atoms with Gasteiger partial charge < -0.3 is 11.1 Å². The molecule has 0 heterocycles. The van der Waals surface area contributed by atoms with Crippen LogP contribution in [-0.4, -0.2) is 11.9 Å². The van der Waals surface area contributed by atoms with Crippen LogP contribution in [0.15, 0.2) is 24.3 Å². The molecule has 0 radical (unpaired) electrons. The van der Waals surface area contributed by atoms with E-state index in [1.54, 1.807) is 0 Å². The highest BCUT2D eigenvalue weighted by molar-refractivity contribution is 5.79. The Balaban J connectivity index is 1.99. The average Bonchev–Trinajstić information content (AvgIpc) is 2.63. The van der Waals surface area contributed by atoms with E-state index in [-0.39, 0.29) is 23.9 Å². The van der Waals surface area contributed by atoms with Crippen LogP contribution >= 0.6 is 0 Å². The van der Waals surface area contributed by atoms with E-state index in [1.807, 2.05) is 13.0 Å². The van der Waals surface area contributed by atoms with Gasteiger partial charge in [0.05, 0.1) is 12.0 Å². The summed E-state index contributed by atoms with van der Waals surface area (Å²) in [6, 6.07) is 8.34. The molecule has 3 N–H and O–H groups in total. The van der Waals surface area contributed by atoms with Crippen LogP contribution in [0.2, 0.25) is 0 Å². The van der Waals surface area contributed by atoms with Crippen molar-refractivity contribution in [3.8, 4) is 0 Å². The van der Waals surface area contributed by atoms with Gasteiger partial charge in [-0.15, -0.1) is 0 Å². The van der Waals surface area contributed by atoms with Crippen LogP contribution in [0.25, 0.3) is 0 Å². The standard InChI is InChI=1S/C17H26N2O/c1-12-7-6-8-14(11-12)13(2)19-17(20)15-9-4-3-5-10-16(15)18/h6-8,11,13,15-16H,3-5,9-10,18H2,1-2H3,(H,19,20)/t13-,15?,16?/m0/s1. The number of carbonyl (C=O) groups excluding carboxylic acids is 1. The highest BCUT2D eigenvalue weighted by atomic mass is 16.2. The largest absolute Gasteiger partial charge is 0.349 e. The molecule has 20 heavy (non-hydrogen) atoms. The molecule has 1 saturated carbocycles. The van der Waals surface area contributed by atoms with Crippen molar-refractivity contribution in [2.75, 3.05) is 0 Å². The molecular formula is C17H26N2O. The fraction of sp³-hybridized carbons (Fsp3) is 0.588. The summed E-state index contributed by atoms with van der Waals surface area (Å²) in [6.07, 6.45) is 5.36. The minimum absolute atomic E-state index is 0.0159. The average molecular weight is 274 g/mol. The predicted molar refractivity (Wildman–Crippen MR) is 82.3 cm³/mol. The van der Waals surface area contributed by atoms with E-state index in [4.69, 9.17) is 5.73 Å². The van der Waals surface area contributed by atoms with Crippen LogP contribution < -0.4 is 11.1 Å². The SMILES string of the molecule is Cc1cccc([C@H](C)NC(=O)C2CCCCCC2N)c1. The number of hydrogen-bond donors (Lipinski definition) is 2. The molecule has 0 saturated heterocycles. The van der Waals surface area contributed by atoms with Crippen molar-refractivity contribution >= 4 is 5.91 Å². The molecular weight excluding hydrogens is 248 g/mol. The van der Waals surface area contributed by atoms with E-state index in [1.165, 1.54) is 12.0 Å². The Kier molecular flexibility index (Phi) is 5.18. The molecule has 1 aliphatic carbocycles. The minimum Gasteiger partial charge on any atom is -0.349 e. The minimum atomic E-state index is -0.0234. The lowest BCUT2D eigenvalue weighted by Gasteiger charge is -2.23. The molecule has 2 rings (SSSR count). The van der Waals surface area contributed by atoms with Crippen molar-refractivity contribution in [2.45, 2.75) is 58.0 Å². The molecule has 3 nitrogen and oxygen atoms in total. The summed E-state index contributed by atoms with van der Waals surface area (Å²) >= 11 is 0. The molecule has 3 heteroatoms. The molecule has 0 spiro atoms. The van der Waals surface area contributed by atoms with Crippen molar-refractivity contribution < 1.29 is 4.79 Å². The Labute approximate surface area is 121 Å². The second-order valence-corrected chi connectivity index (χ2v) is 6.05. The summed E-state index contributed by atoms with van der Waals surface area (Å²) in [5.74, 6) is 0.0955.